The third-order valence-electron chi connectivity index (χ3n) is 3.49. The molecule has 1 aromatic heterocycles. The molecule has 0 saturated carbocycles. The molecule has 0 bridgehead atoms. The van der Waals surface area contributed by atoms with Crippen LogP contribution in [0.15, 0.2) is 42.7 Å². The van der Waals surface area contributed by atoms with Crippen LogP contribution >= 0.6 is 0 Å². The van der Waals surface area contributed by atoms with Gasteiger partial charge in [-0.2, -0.15) is 0 Å². The predicted octanol–water partition coefficient (Wildman–Crippen LogP) is 3.24. The molecule has 0 spiro atoms. The number of hydrogen-bond acceptors (Lipinski definition) is 3. The fourth-order valence-corrected chi connectivity index (χ4v) is 2.18. The molecule has 0 radical (unpaired) electrons. The average molecular weight is 347 g/mol. The fraction of sp³-hybridized carbons (Fsp3) is 0.278. The number of amides is 2. The number of carbonyl (C=O) groups excluding carboxylic acids is 2. The minimum atomic E-state index is -0.749. The van der Waals surface area contributed by atoms with Gasteiger partial charge in [0, 0.05) is 17.4 Å². The van der Waals surface area contributed by atoms with Crippen LogP contribution < -0.4 is 5.32 Å². The Kier molecular flexibility index (Phi) is 5.46. The first-order chi connectivity index (χ1) is 11.7. The molecule has 1 heterocycles. The van der Waals surface area contributed by atoms with Crippen molar-refractivity contribution < 1.29 is 18.4 Å². The normalized spacial score (nSPS) is 11.1. The summed E-state index contributed by atoms with van der Waals surface area (Å²) in [6.45, 7) is 4.96. The minimum absolute atomic E-state index is 0.153. The van der Waals surface area contributed by atoms with Crippen molar-refractivity contribution in [2.45, 2.75) is 26.3 Å². The van der Waals surface area contributed by atoms with Crippen molar-refractivity contribution in [3.8, 4) is 0 Å². The van der Waals surface area contributed by atoms with E-state index in [0.29, 0.717) is 5.69 Å². The number of halogens is 2. The lowest BCUT2D eigenvalue weighted by molar-refractivity contribution is -0.117. The lowest BCUT2D eigenvalue weighted by Gasteiger charge is -2.35. The Morgan fingerprint density at radius 3 is 2.32 bits per heavy atom. The van der Waals surface area contributed by atoms with Gasteiger partial charge < -0.3 is 10.2 Å². The molecule has 0 aliphatic rings. The van der Waals surface area contributed by atoms with Crippen molar-refractivity contribution >= 4 is 17.5 Å². The summed E-state index contributed by atoms with van der Waals surface area (Å²) in [5.41, 5.74) is -0.463. The molecule has 0 fully saturated rings. The van der Waals surface area contributed by atoms with Gasteiger partial charge in [-0.1, -0.05) is 0 Å². The first kappa shape index (κ1) is 18.5. The Morgan fingerprint density at radius 2 is 1.76 bits per heavy atom. The average Bonchev–Trinajstić information content (AvgIpc) is 2.53. The lowest BCUT2D eigenvalue weighted by atomic mass is 10.0. The van der Waals surface area contributed by atoms with E-state index >= 15 is 0 Å². The summed E-state index contributed by atoms with van der Waals surface area (Å²) in [4.78, 5) is 29.8. The van der Waals surface area contributed by atoms with Gasteiger partial charge in [0.15, 0.2) is 5.82 Å². The molecule has 7 heteroatoms. The predicted molar refractivity (Wildman–Crippen MR) is 90.0 cm³/mol. The molecule has 1 aromatic carbocycles. The topological polar surface area (TPSA) is 62.3 Å². The van der Waals surface area contributed by atoms with E-state index in [9.17, 15) is 18.4 Å². The van der Waals surface area contributed by atoms with E-state index in [1.807, 2.05) is 0 Å². The van der Waals surface area contributed by atoms with E-state index in [-0.39, 0.29) is 12.1 Å². The summed E-state index contributed by atoms with van der Waals surface area (Å²) in [7, 11) is 0. The number of aromatic nitrogens is 1. The van der Waals surface area contributed by atoms with Crippen LogP contribution in [0.25, 0.3) is 0 Å². The zero-order valence-electron chi connectivity index (χ0n) is 14.2. The number of rotatable bonds is 4. The van der Waals surface area contributed by atoms with Crippen molar-refractivity contribution in [1.82, 2.24) is 9.88 Å². The van der Waals surface area contributed by atoms with Crippen LogP contribution in [0.1, 0.15) is 31.1 Å². The summed E-state index contributed by atoms with van der Waals surface area (Å²) in [5.74, 6) is -2.25. The van der Waals surface area contributed by atoms with Crippen LogP contribution in [0.4, 0.5) is 14.5 Å². The second-order valence-corrected chi connectivity index (χ2v) is 6.47. The first-order valence-corrected chi connectivity index (χ1v) is 7.65. The second-order valence-electron chi connectivity index (χ2n) is 6.47. The van der Waals surface area contributed by atoms with Gasteiger partial charge >= 0.3 is 0 Å². The Hall–Kier alpha value is -2.83. The zero-order chi connectivity index (χ0) is 18.6. The van der Waals surface area contributed by atoms with Gasteiger partial charge in [-0.15, -0.1) is 0 Å². The largest absolute Gasteiger partial charge is 0.325 e. The van der Waals surface area contributed by atoms with Crippen LogP contribution in [0.2, 0.25) is 0 Å². The molecule has 2 rings (SSSR count). The van der Waals surface area contributed by atoms with Gasteiger partial charge in [0.2, 0.25) is 5.91 Å². The Morgan fingerprint density at radius 1 is 1.12 bits per heavy atom. The summed E-state index contributed by atoms with van der Waals surface area (Å²) < 4.78 is 26.8. The smallest absolute Gasteiger partial charge is 0.257 e. The molecule has 5 nitrogen and oxygen atoms in total. The molecular weight excluding hydrogens is 328 g/mol. The molecule has 0 aliphatic heterocycles. The number of pyridine rings is 1. The van der Waals surface area contributed by atoms with E-state index in [1.54, 1.807) is 20.8 Å². The Bertz CT molecular complexity index is 771. The maximum absolute atomic E-state index is 13.9. The second kappa shape index (κ2) is 7.38. The van der Waals surface area contributed by atoms with Gasteiger partial charge in [-0.05, 0) is 51.1 Å². The third kappa shape index (κ3) is 4.82. The van der Waals surface area contributed by atoms with Crippen LogP contribution in [0.3, 0.4) is 0 Å². The molecule has 0 aliphatic carbocycles. The number of anilines is 1. The van der Waals surface area contributed by atoms with Crippen molar-refractivity contribution in [3.05, 3.63) is 59.9 Å². The van der Waals surface area contributed by atoms with Crippen LogP contribution in [0, 0.1) is 11.6 Å². The van der Waals surface area contributed by atoms with E-state index < -0.39 is 29.0 Å². The highest BCUT2D eigenvalue weighted by molar-refractivity contribution is 5.99. The SMILES string of the molecule is CC(C)(C)N(CC(=O)Nc1ccc(F)cc1)C(=O)c1ccncc1F. The van der Waals surface area contributed by atoms with E-state index in [0.717, 1.165) is 6.20 Å². The van der Waals surface area contributed by atoms with Gasteiger partial charge in [0.05, 0.1) is 11.8 Å². The number of benzene rings is 1. The summed E-state index contributed by atoms with van der Waals surface area (Å²) in [5, 5.41) is 2.59. The molecule has 2 amide bonds. The summed E-state index contributed by atoms with van der Waals surface area (Å²) in [6.07, 6.45) is 2.27. The molecule has 0 unspecified atom stereocenters. The highest BCUT2D eigenvalue weighted by Gasteiger charge is 2.30. The molecular formula is C18H19F2N3O2. The lowest BCUT2D eigenvalue weighted by Crippen LogP contribution is -2.49. The zero-order valence-corrected chi connectivity index (χ0v) is 14.2. The van der Waals surface area contributed by atoms with Gasteiger partial charge in [0.1, 0.15) is 12.4 Å². The number of carbonyl (C=O) groups is 2. The third-order valence-corrected chi connectivity index (χ3v) is 3.49. The quantitative estimate of drug-likeness (QED) is 0.924. The molecule has 0 saturated heterocycles. The molecule has 2 aromatic rings. The Labute approximate surface area is 144 Å². The minimum Gasteiger partial charge on any atom is -0.325 e. The van der Waals surface area contributed by atoms with Crippen LogP contribution in [-0.2, 0) is 4.79 Å². The van der Waals surface area contributed by atoms with Gasteiger partial charge in [-0.25, -0.2) is 8.78 Å². The number of hydrogen-bond donors (Lipinski definition) is 1. The van der Waals surface area contributed by atoms with Crippen molar-refractivity contribution in [2.75, 3.05) is 11.9 Å². The highest BCUT2D eigenvalue weighted by Crippen LogP contribution is 2.19. The fourth-order valence-electron chi connectivity index (χ4n) is 2.18. The maximum Gasteiger partial charge on any atom is 0.257 e. The molecule has 0 atom stereocenters. The van der Waals surface area contributed by atoms with E-state index in [4.69, 9.17) is 0 Å². The molecule has 132 valence electrons. The first-order valence-electron chi connectivity index (χ1n) is 7.65. The molecule has 1 N–H and O–H groups in total. The van der Waals surface area contributed by atoms with Gasteiger partial charge in [-0.3, -0.25) is 14.6 Å². The van der Waals surface area contributed by atoms with Crippen molar-refractivity contribution in [2.24, 2.45) is 0 Å². The van der Waals surface area contributed by atoms with Crippen LogP contribution in [0.5, 0.6) is 0 Å². The van der Waals surface area contributed by atoms with Crippen molar-refractivity contribution in [1.29, 1.82) is 0 Å². The number of nitrogens with one attached hydrogen (secondary N) is 1. The van der Waals surface area contributed by atoms with Crippen molar-refractivity contribution in [3.63, 3.8) is 0 Å². The highest BCUT2D eigenvalue weighted by atomic mass is 19.1. The van der Waals surface area contributed by atoms with Crippen LogP contribution in [-0.4, -0.2) is 33.8 Å². The monoisotopic (exact) mass is 347 g/mol. The molecule has 25 heavy (non-hydrogen) atoms. The summed E-state index contributed by atoms with van der Waals surface area (Å²) in [6, 6.07) is 6.54. The standard InChI is InChI=1S/C18H19F2N3O2/c1-18(2,3)23(17(25)14-8-9-21-10-15(14)20)11-16(24)22-13-6-4-12(19)5-7-13/h4-10H,11H2,1-3H3,(H,22,24). The van der Waals surface area contributed by atoms with Gasteiger partial charge in [0.25, 0.3) is 5.91 Å². The van der Waals surface area contributed by atoms with E-state index in [1.165, 1.54) is 41.4 Å². The number of nitrogens with zero attached hydrogens (tertiary/aromatic N) is 2. The van der Waals surface area contributed by atoms with E-state index in [2.05, 4.69) is 10.3 Å². The summed E-state index contributed by atoms with van der Waals surface area (Å²) >= 11 is 0. The maximum atomic E-state index is 13.9. The Balaban J connectivity index is 2.18.